The lowest BCUT2D eigenvalue weighted by atomic mass is 10.2. The number of carbonyl (C=O) groups excluding carboxylic acids is 1. The van der Waals surface area contributed by atoms with Gasteiger partial charge in [0.15, 0.2) is 12.0 Å². The van der Waals surface area contributed by atoms with Crippen LogP contribution in [0.3, 0.4) is 0 Å². The van der Waals surface area contributed by atoms with Crippen LogP contribution < -0.4 is 0 Å². The third kappa shape index (κ3) is 2.38. The molecule has 0 radical (unpaired) electrons. The largest absolute Gasteiger partial charge is 0.457 e. The number of rotatable bonds is 3. The Bertz CT molecular complexity index is 766. The molecule has 0 aliphatic rings. The van der Waals surface area contributed by atoms with Crippen molar-refractivity contribution in [1.82, 2.24) is 4.98 Å². The molecule has 2 aromatic carbocycles. The van der Waals surface area contributed by atoms with Crippen LogP contribution in [-0.4, -0.2) is 11.0 Å². The van der Waals surface area contributed by atoms with Crippen LogP contribution in [0.15, 0.2) is 53.3 Å². The lowest BCUT2D eigenvalue weighted by molar-refractivity contribution is 0.0469. The van der Waals surface area contributed by atoms with Crippen molar-refractivity contribution >= 4 is 17.1 Å². The van der Waals surface area contributed by atoms with Crippen molar-refractivity contribution in [3.05, 3.63) is 65.8 Å². The predicted molar refractivity (Wildman–Crippen MR) is 69.5 cm³/mol. The maximum atomic E-state index is 13.4. The van der Waals surface area contributed by atoms with Crippen molar-refractivity contribution in [2.45, 2.75) is 6.61 Å². The van der Waals surface area contributed by atoms with E-state index in [1.807, 2.05) is 0 Å². The monoisotopic (exact) mass is 271 g/mol. The average molecular weight is 271 g/mol. The highest BCUT2D eigenvalue weighted by atomic mass is 19.1. The van der Waals surface area contributed by atoms with Gasteiger partial charge in [-0.05, 0) is 24.3 Å². The molecule has 0 saturated heterocycles. The Hall–Kier alpha value is -2.69. The van der Waals surface area contributed by atoms with E-state index in [2.05, 4.69) is 4.98 Å². The number of esters is 1. The summed E-state index contributed by atoms with van der Waals surface area (Å²) in [5.41, 5.74) is 1.85. The molecule has 5 heteroatoms. The fourth-order valence-electron chi connectivity index (χ4n) is 1.83. The molecule has 0 N–H and O–H groups in total. The molecule has 0 bridgehead atoms. The van der Waals surface area contributed by atoms with Crippen molar-refractivity contribution in [3.63, 3.8) is 0 Å². The Morgan fingerprint density at radius 2 is 2.10 bits per heavy atom. The van der Waals surface area contributed by atoms with Crippen molar-refractivity contribution in [3.8, 4) is 0 Å². The van der Waals surface area contributed by atoms with Gasteiger partial charge >= 0.3 is 5.97 Å². The summed E-state index contributed by atoms with van der Waals surface area (Å²) in [4.78, 5) is 15.9. The van der Waals surface area contributed by atoms with Crippen molar-refractivity contribution in [1.29, 1.82) is 0 Å². The molecule has 3 aromatic rings. The van der Waals surface area contributed by atoms with Gasteiger partial charge in [0.2, 0.25) is 0 Å². The highest BCUT2D eigenvalue weighted by molar-refractivity contribution is 5.93. The summed E-state index contributed by atoms with van der Waals surface area (Å²) in [5.74, 6) is -0.926. The van der Waals surface area contributed by atoms with Gasteiger partial charge in [0.05, 0.1) is 5.56 Å². The van der Waals surface area contributed by atoms with Crippen molar-refractivity contribution in [2.24, 2.45) is 0 Å². The molecule has 100 valence electrons. The molecule has 1 aromatic heterocycles. The number of hydrogen-bond donors (Lipinski definition) is 0. The fraction of sp³-hybridized carbons (Fsp3) is 0.0667. The molecule has 0 saturated carbocycles. The first-order valence-corrected chi connectivity index (χ1v) is 5.98. The second kappa shape index (κ2) is 5.13. The van der Waals surface area contributed by atoms with Crippen LogP contribution >= 0.6 is 0 Å². The van der Waals surface area contributed by atoms with E-state index in [4.69, 9.17) is 9.15 Å². The maximum Gasteiger partial charge on any atom is 0.338 e. The zero-order valence-corrected chi connectivity index (χ0v) is 10.4. The van der Waals surface area contributed by atoms with E-state index < -0.39 is 11.8 Å². The standard InChI is InChI=1S/C15H10FNO3/c16-12-4-2-1-3-11(12)8-19-15(18)10-5-6-14-13(7-10)17-9-20-14/h1-7,9H,8H2. The van der Waals surface area contributed by atoms with Gasteiger partial charge in [-0.25, -0.2) is 14.2 Å². The van der Waals surface area contributed by atoms with Crippen molar-refractivity contribution in [2.75, 3.05) is 0 Å². The number of aromatic nitrogens is 1. The number of oxazole rings is 1. The molecule has 0 aliphatic heterocycles. The van der Waals surface area contributed by atoms with Crippen molar-refractivity contribution < 1.29 is 18.3 Å². The molecule has 0 atom stereocenters. The van der Waals surface area contributed by atoms with Gasteiger partial charge < -0.3 is 9.15 Å². The zero-order chi connectivity index (χ0) is 13.9. The molecule has 3 rings (SSSR count). The topological polar surface area (TPSA) is 52.3 Å². The van der Waals surface area contributed by atoms with Gasteiger partial charge in [-0.1, -0.05) is 18.2 Å². The van der Waals surface area contributed by atoms with E-state index in [0.29, 0.717) is 22.2 Å². The minimum atomic E-state index is -0.529. The Labute approximate surface area is 113 Å². The minimum Gasteiger partial charge on any atom is -0.457 e. The van der Waals surface area contributed by atoms with Crippen LogP contribution in [0.2, 0.25) is 0 Å². The highest BCUT2D eigenvalue weighted by Gasteiger charge is 2.11. The van der Waals surface area contributed by atoms with E-state index in [1.54, 1.807) is 36.4 Å². The summed E-state index contributed by atoms with van der Waals surface area (Å²) in [6.45, 7) is -0.109. The normalized spacial score (nSPS) is 10.7. The van der Waals surface area contributed by atoms with E-state index >= 15 is 0 Å². The molecular weight excluding hydrogens is 261 g/mol. The molecule has 0 aliphatic carbocycles. The lowest BCUT2D eigenvalue weighted by Gasteiger charge is -2.05. The van der Waals surface area contributed by atoms with Gasteiger partial charge in [-0.2, -0.15) is 0 Å². The van der Waals surface area contributed by atoms with Gasteiger partial charge in [0.1, 0.15) is 17.9 Å². The zero-order valence-electron chi connectivity index (χ0n) is 10.4. The van der Waals surface area contributed by atoms with Gasteiger partial charge in [-0.3, -0.25) is 0 Å². The van der Waals surface area contributed by atoms with Crippen LogP contribution in [0.5, 0.6) is 0 Å². The Kier molecular flexibility index (Phi) is 3.16. The Morgan fingerprint density at radius 1 is 1.25 bits per heavy atom. The van der Waals surface area contributed by atoms with E-state index in [1.165, 1.54) is 12.5 Å². The molecule has 0 fully saturated rings. The third-order valence-corrected chi connectivity index (χ3v) is 2.88. The number of fused-ring (bicyclic) bond motifs is 1. The first kappa shape index (κ1) is 12.3. The predicted octanol–water partition coefficient (Wildman–Crippen LogP) is 3.32. The number of ether oxygens (including phenoxy) is 1. The Morgan fingerprint density at radius 3 is 2.95 bits per heavy atom. The third-order valence-electron chi connectivity index (χ3n) is 2.88. The number of nitrogens with zero attached hydrogens (tertiary/aromatic N) is 1. The maximum absolute atomic E-state index is 13.4. The number of benzene rings is 2. The summed E-state index contributed by atoms with van der Waals surface area (Å²) >= 11 is 0. The second-order valence-corrected chi connectivity index (χ2v) is 4.20. The quantitative estimate of drug-likeness (QED) is 0.686. The second-order valence-electron chi connectivity index (χ2n) is 4.20. The fourth-order valence-corrected chi connectivity index (χ4v) is 1.83. The molecular formula is C15H10FNO3. The summed E-state index contributed by atoms with van der Waals surface area (Å²) in [7, 11) is 0. The SMILES string of the molecule is O=C(OCc1ccccc1F)c1ccc2ocnc2c1. The first-order chi connectivity index (χ1) is 9.74. The van der Waals surface area contributed by atoms with E-state index in [-0.39, 0.29) is 6.61 Å². The van der Waals surface area contributed by atoms with Crippen LogP contribution in [0.4, 0.5) is 4.39 Å². The van der Waals surface area contributed by atoms with E-state index in [0.717, 1.165) is 0 Å². The minimum absolute atomic E-state index is 0.109. The molecule has 0 amide bonds. The molecule has 4 nitrogen and oxygen atoms in total. The molecule has 0 spiro atoms. The average Bonchev–Trinajstić information content (AvgIpc) is 2.93. The van der Waals surface area contributed by atoms with Crippen LogP contribution in [0.25, 0.3) is 11.1 Å². The van der Waals surface area contributed by atoms with Crippen LogP contribution in [0.1, 0.15) is 15.9 Å². The smallest absolute Gasteiger partial charge is 0.338 e. The van der Waals surface area contributed by atoms with Gasteiger partial charge in [0.25, 0.3) is 0 Å². The Balaban J connectivity index is 1.74. The van der Waals surface area contributed by atoms with E-state index in [9.17, 15) is 9.18 Å². The lowest BCUT2D eigenvalue weighted by Crippen LogP contribution is -2.06. The summed E-state index contributed by atoms with van der Waals surface area (Å²) in [6, 6.07) is 11.0. The highest BCUT2D eigenvalue weighted by Crippen LogP contribution is 2.16. The first-order valence-electron chi connectivity index (χ1n) is 5.98. The summed E-state index contributed by atoms with van der Waals surface area (Å²) in [5, 5.41) is 0. The molecule has 20 heavy (non-hydrogen) atoms. The molecule has 1 heterocycles. The number of hydrogen-bond acceptors (Lipinski definition) is 4. The summed E-state index contributed by atoms with van der Waals surface area (Å²) in [6.07, 6.45) is 1.30. The van der Waals surface area contributed by atoms with Gasteiger partial charge in [0, 0.05) is 5.56 Å². The number of carbonyl (C=O) groups is 1. The number of halogens is 1. The molecule has 0 unspecified atom stereocenters. The summed E-state index contributed by atoms with van der Waals surface area (Å²) < 4.78 is 23.6. The van der Waals surface area contributed by atoms with Gasteiger partial charge in [-0.15, -0.1) is 0 Å². The van der Waals surface area contributed by atoms with Crippen LogP contribution in [0, 0.1) is 5.82 Å². The van der Waals surface area contributed by atoms with Crippen LogP contribution in [-0.2, 0) is 11.3 Å².